The van der Waals surface area contributed by atoms with E-state index in [4.69, 9.17) is 10.00 Å². The van der Waals surface area contributed by atoms with Gasteiger partial charge in [-0.3, -0.25) is 0 Å². The van der Waals surface area contributed by atoms with Gasteiger partial charge in [0.05, 0.1) is 17.2 Å². The van der Waals surface area contributed by atoms with E-state index in [-0.39, 0.29) is 11.9 Å². The second-order valence-electron chi connectivity index (χ2n) is 7.58. The molecule has 1 N–H and O–H groups in total. The van der Waals surface area contributed by atoms with Crippen molar-refractivity contribution in [1.82, 2.24) is 4.98 Å². The predicted octanol–water partition coefficient (Wildman–Crippen LogP) is 5.91. The van der Waals surface area contributed by atoms with E-state index in [2.05, 4.69) is 33.9 Å². The second kappa shape index (κ2) is 7.21. The Kier molecular flexibility index (Phi) is 5.12. The van der Waals surface area contributed by atoms with Crippen LogP contribution in [0.15, 0.2) is 47.1 Å². The van der Waals surface area contributed by atoms with Crippen LogP contribution >= 0.6 is 15.9 Å². The number of esters is 1. The molecular weight excluding hydrogens is 404 g/mol. The summed E-state index contributed by atoms with van der Waals surface area (Å²) in [6, 6.07) is 13.4. The molecule has 0 bridgehead atoms. The fraction of sp³-hybridized carbons (Fsp3) is 0.273. The first-order chi connectivity index (χ1) is 12.7. The first-order valence-electron chi connectivity index (χ1n) is 8.73. The summed E-state index contributed by atoms with van der Waals surface area (Å²) in [5, 5.41) is 10.1. The summed E-state index contributed by atoms with van der Waals surface area (Å²) >= 11 is 3.61. The van der Waals surface area contributed by atoms with Crippen LogP contribution in [-0.2, 0) is 4.74 Å². The van der Waals surface area contributed by atoms with Gasteiger partial charge in [0.25, 0.3) is 0 Å². The summed E-state index contributed by atoms with van der Waals surface area (Å²) in [5.41, 5.74) is 3.78. The number of benzene rings is 2. The molecule has 0 saturated carbocycles. The number of hydrogen-bond acceptors (Lipinski definition) is 3. The zero-order valence-electron chi connectivity index (χ0n) is 15.8. The van der Waals surface area contributed by atoms with E-state index in [0.29, 0.717) is 11.1 Å². The number of aromatic amines is 1. The van der Waals surface area contributed by atoms with Crippen molar-refractivity contribution in [2.75, 3.05) is 0 Å². The minimum absolute atomic E-state index is 0.105. The number of nitrogens with zero attached hydrogens (tertiary/aromatic N) is 1. The molecule has 138 valence electrons. The molecule has 3 rings (SSSR count). The molecule has 1 heterocycles. The third kappa shape index (κ3) is 4.06. The quantitative estimate of drug-likeness (QED) is 0.531. The van der Waals surface area contributed by atoms with Crippen molar-refractivity contribution in [2.24, 2.45) is 0 Å². The number of H-pyrrole nitrogens is 1. The van der Waals surface area contributed by atoms with Gasteiger partial charge in [-0.25, -0.2) is 4.79 Å². The van der Waals surface area contributed by atoms with Gasteiger partial charge >= 0.3 is 5.97 Å². The van der Waals surface area contributed by atoms with Gasteiger partial charge in [0.1, 0.15) is 5.60 Å². The smallest absolute Gasteiger partial charge is 0.338 e. The Labute approximate surface area is 167 Å². The molecule has 0 amide bonds. The maximum Gasteiger partial charge on any atom is 0.338 e. The van der Waals surface area contributed by atoms with Crippen molar-refractivity contribution in [3.05, 3.63) is 69.3 Å². The highest BCUT2D eigenvalue weighted by molar-refractivity contribution is 9.10. The lowest BCUT2D eigenvalue weighted by Gasteiger charge is -2.20. The molecule has 0 saturated heterocycles. The van der Waals surface area contributed by atoms with Crippen molar-refractivity contribution in [2.45, 2.75) is 39.2 Å². The minimum Gasteiger partial charge on any atom is -0.456 e. The standard InChI is InChI=1S/C22H21BrN2O2/c1-13(18-12-25-20-9-14(11-24)5-7-17(18)20)16-8-6-15(10-19(16)23)21(26)27-22(2,3)4/h5-10,12-13,25H,1-4H3. The van der Waals surface area contributed by atoms with E-state index in [0.717, 1.165) is 26.5 Å². The van der Waals surface area contributed by atoms with Crippen LogP contribution in [-0.4, -0.2) is 16.6 Å². The normalized spacial score (nSPS) is 12.6. The van der Waals surface area contributed by atoms with Crippen LogP contribution in [0.2, 0.25) is 0 Å². The number of carbonyl (C=O) groups excluding carboxylic acids is 1. The Morgan fingerprint density at radius 1 is 1.19 bits per heavy atom. The first kappa shape index (κ1) is 19.2. The molecule has 0 spiro atoms. The first-order valence-corrected chi connectivity index (χ1v) is 9.53. The van der Waals surface area contributed by atoms with Crippen LogP contribution < -0.4 is 0 Å². The van der Waals surface area contributed by atoms with E-state index in [1.807, 2.05) is 57.3 Å². The molecule has 3 aromatic rings. The number of aromatic nitrogens is 1. The van der Waals surface area contributed by atoms with E-state index in [1.54, 1.807) is 6.07 Å². The number of carbonyl (C=O) groups is 1. The monoisotopic (exact) mass is 424 g/mol. The van der Waals surface area contributed by atoms with Crippen LogP contribution in [0, 0.1) is 11.3 Å². The van der Waals surface area contributed by atoms with Crippen LogP contribution in [0.4, 0.5) is 0 Å². The molecule has 1 aromatic heterocycles. The Morgan fingerprint density at radius 2 is 1.93 bits per heavy atom. The molecule has 27 heavy (non-hydrogen) atoms. The van der Waals surface area contributed by atoms with Crippen molar-refractivity contribution >= 4 is 32.8 Å². The molecule has 4 nitrogen and oxygen atoms in total. The van der Waals surface area contributed by atoms with Gasteiger partial charge in [0.2, 0.25) is 0 Å². The van der Waals surface area contributed by atoms with E-state index in [9.17, 15) is 4.79 Å². The lowest BCUT2D eigenvalue weighted by molar-refractivity contribution is 0.00694. The Bertz CT molecular complexity index is 1050. The average Bonchev–Trinajstić information content (AvgIpc) is 3.02. The van der Waals surface area contributed by atoms with Gasteiger partial charge in [-0.05, 0) is 56.2 Å². The zero-order valence-corrected chi connectivity index (χ0v) is 17.3. The maximum atomic E-state index is 12.3. The SMILES string of the molecule is CC(c1ccc(C(=O)OC(C)(C)C)cc1Br)c1c[nH]c2cc(C#N)ccc12. The lowest BCUT2D eigenvalue weighted by atomic mass is 9.92. The number of hydrogen-bond donors (Lipinski definition) is 1. The largest absolute Gasteiger partial charge is 0.456 e. The number of nitrogens with one attached hydrogen (secondary N) is 1. The third-order valence-corrected chi connectivity index (χ3v) is 5.10. The molecular formula is C22H21BrN2O2. The maximum absolute atomic E-state index is 12.3. The van der Waals surface area contributed by atoms with Crippen molar-refractivity contribution in [1.29, 1.82) is 5.26 Å². The lowest BCUT2D eigenvalue weighted by Crippen LogP contribution is -2.23. The van der Waals surface area contributed by atoms with Crippen LogP contribution in [0.5, 0.6) is 0 Å². The van der Waals surface area contributed by atoms with Gasteiger partial charge in [-0.1, -0.05) is 35.0 Å². The molecule has 0 aliphatic rings. The minimum atomic E-state index is -0.526. The predicted molar refractivity (Wildman–Crippen MR) is 110 cm³/mol. The number of halogens is 1. The highest BCUT2D eigenvalue weighted by Gasteiger charge is 2.21. The highest BCUT2D eigenvalue weighted by atomic mass is 79.9. The van der Waals surface area contributed by atoms with Gasteiger partial charge in [0.15, 0.2) is 0 Å². The van der Waals surface area contributed by atoms with Crippen molar-refractivity contribution in [3.8, 4) is 6.07 Å². The van der Waals surface area contributed by atoms with Gasteiger partial charge in [0, 0.05) is 27.5 Å². The molecule has 0 aliphatic carbocycles. The van der Waals surface area contributed by atoms with Crippen LogP contribution in [0.1, 0.15) is 60.7 Å². The molecule has 1 atom stereocenters. The molecule has 0 radical (unpaired) electrons. The number of rotatable bonds is 3. The van der Waals surface area contributed by atoms with Gasteiger partial charge < -0.3 is 9.72 Å². The molecule has 0 aliphatic heterocycles. The van der Waals surface area contributed by atoms with Crippen molar-refractivity contribution < 1.29 is 9.53 Å². The molecule has 2 aromatic carbocycles. The van der Waals surface area contributed by atoms with Gasteiger partial charge in [-0.2, -0.15) is 5.26 Å². The number of nitriles is 1. The average molecular weight is 425 g/mol. The third-order valence-electron chi connectivity index (χ3n) is 4.41. The van der Waals surface area contributed by atoms with Crippen LogP contribution in [0.3, 0.4) is 0 Å². The summed E-state index contributed by atoms with van der Waals surface area (Å²) in [7, 11) is 0. The highest BCUT2D eigenvalue weighted by Crippen LogP contribution is 2.35. The fourth-order valence-electron chi connectivity index (χ4n) is 3.09. The van der Waals surface area contributed by atoms with E-state index in [1.165, 1.54) is 0 Å². The van der Waals surface area contributed by atoms with Gasteiger partial charge in [-0.15, -0.1) is 0 Å². The van der Waals surface area contributed by atoms with E-state index >= 15 is 0 Å². The second-order valence-corrected chi connectivity index (χ2v) is 8.43. The molecule has 0 fully saturated rings. The zero-order chi connectivity index (χ0) is 19.8. The summed E-state index contributed by atoms with van der Waals surface area (Å²) in [4.78, 5) is 15.5. The number of ether oxygens (including phenoxy) is 1. The summed E-state index contributed by atoms with van der Waals surface area (Å²) in [5.74, 6) is -0.229. The Morgan fingerprint density at radius 3 is 2.56 bits per heavy atom. The summed E-state index contributed by atoms with van der Waals surface area (Å²) < 4.78 is 6.30. The van der Waals surface area contributed by atoms with E-state index < -0.39 is 5.60 Å². The fourth-order valence-corrected chi connectivity index (χ4v) is 3.81. The van der Waals surface area contributed by atoms with Crippen LogP contribution in [0.25, 0.3) is 10.9 Å². The molecule has 1 unspecified atom stereocenters. The molecule has 5 heteroatoms. The Balaban J connectivity index is 1.93. The Hall–Kier alpha value is -2.58. The topological polar surface area (TPSA) is 65.9 Å². The van der Waals surface area contributed by atoms with Crippen molar-refractivity contribution in [3.63, 3.8) is 0 Å². The number of fused-ring (bicyclic) bond motifs is 1. The summed E-state index contributed by atoms with van der Waals surface area (Å²) in [6.07, 6.45) is 1.98. The summed E-state index contributed by atoms with van der Waals surface area (Å²) in [6.45, 7) is 7.68.